The second-order valence-electron chi connectivity index (χ2n) is 4.53. The molecule has 0 amide bonds. The van der Waals surface area contributed by atoms with Crippen LogP contribution in [0.3, 0.4) is 0 Å². The van der Waals surface area contributed by atoms with Gasteiger partial charge in [0.2, 0.25) is 20.0 Å². The van der Waals surface area contributed by atoms with Crippen LogP contribution < -0.4 is 9.86 Å². The fraction of sp³-hybridized carbons (Fsp3) is 0.455. The highest BCUT2D eigenvalue weighted by Gasteiger charge is 2.27. The van der Waals surface area contributed by atoms with Crippen molar-refractivity contribution < 1.29 is 21.6 Å². The first-order chi connectivity index (χ1) is 9.29. The van der Waals surface area contributed by atoms with Gasteiger partial charge in [0, 0.05) is 18.9 Å². The van der Waals surface area contributed by atoms with Crippen LogP contribution in [-0.2, 0) is 24.8 Å². The summed E-state index contributed by atoms with van der Waals surface area (Å²) in [7, 11) is -7.42. The number of sulfonamides is 2. The van der Waals surface area contributed by atoms with E-state index in [2.05, 4.69) is 4.72 Å². The second-order valence-corrected chi connectivity index (χ2v) is 8.05. The molecule has 9 heteroatoms. The van der Waals surface area contributed by atoms with Gasteiger partial charge in [-0.3, -0.25) is 4.72 Å². The van der Waals surface area contributed by atoms with Crippen molar-refractivity contribution in [2.75, 3.05) is 17.9 Å². The van der Waals surface area contributed by atoms with E-state index in [0.717, 1.165) is 0 Å². The lowest BCUT2D eigenvalue weighted by Gasteiger charge is -2.22. The van der Waals surface area contributed by atoms with Crippen LogP contribution in [-0.4, -0.2) is 35.3 Å². The first-order valence-corrected chi connectivity index (χ1v) is 9.10. The smallest absolute Gasteiger partial charge is 0.238 e. The Morgan fingerprint density at radius 3 is 2.40 bits per heavy atom. The summed E-state index contributed by atoms with van der Waals surface area (Å²) in [5, 5.41) is 4.48. The molecule has 0 saturated carbocycles. The summed E-state index contributed by atoms with van der Waals surface area (Å²) in [4.78, 5) is -0.135. The summed E-state index contributed by atoms with van der Waals surface area (Å²) in [5.41, 5.74) is 0.183. The van der Waals surface area contributed by atoms with E-state index in [9.17, 15) is 16.8 Å². The van der Waals surface area contributed by atoms with Crippen LogP contribution in [0.25, 0.3) is 0 Å². The van der Waals surface area contributed by atoms with Crippen molar-refractivity contribution in [1.29, 1.82) is 0 Å². The van der Waals surface area contributed by atoms with Gasteiger partial charge >= 0.3 is 0 Å². The van der Waals surface area contributed by atoms with Crippen LogP contribution >= 0.6 is 0 Å². The Bertz CT molecular complexity index is 679. The summed E-state index contributed by atoms with van der Waals surface area (Å²) in [5.74, 6) is 0. The highest BCUT2D eigenvalue weighted by molar-refractivity contribution is 7.93. The lowest BCUT2D eigenvalue weighted by molar-refractivity contribution is 0.0984. The molecule has 7 nitrogen and oxygen atoms in total. The van der Waals surface area contributed by atoms with Crippen molar-refractivity contribution in [2.24, 2.45) is 5.14 Å². The van der Waals surface area contributed by atoms with E-state index in [1.165, 1.54) is 24.3 Å². The second kappa shape index (κ2) is 5.68. The van der Waals surface area contributed by atoms with Gasteiger partial charge in [0.1, 0.15) is 0 Å². The molecule has 2 rings (SSSR count). The molecule has 1 aliphatic heterocycles. The minimum absolute atomic E-state index is 0.135. The zero-order valence-electron chi connectivity index (χ0n) is 10.7. The lowest BCUT2D eigenvalue weighted by Crippen LogP contribution is -2.33. The molecule has 0 atom stereocenters. The van der Waals surface area contributed by atoms with E-state index in [4.69, 9.17) is 9.88 Å². The number of anilines is 1. The standard InChI is InChI=1S/C11H16N2O5S2/c12-19(14,15)11-3-1-2-9(8-11)13-20(16,17)10-4-6-18-7-5-10/h1-3,8,10,13H,4-7H2,(H2,12,14,15). The van der Waals surface area contributed by atoms with Gasteiger partial charge in [-0.25, -0.2) is 22.0 Å². The Morgan fingerprint density at radius 2 is 1.80 bits per heavy atom. The number of nitrogens with two attached hydrogens (primary N) is 1. The third-order valence-corrected chi connectivity index (χ3v) is 5.81. The van der Waals surface area contributed by atoms with Gasteiger partial charge < -0.3 is 4.74 Å². The average Bonchev–Trinajstić information content (AvgIpc) is 2.38. The van der Waals surface area contributed by atoms with Crippen LogP contribution in [0.15, 0.2) is 29.2 Å². The molecule has 0 spiro atoms. The summed E-state index contributed by atoms with van der Waals surface area (Å²) in [6, 6.07) is 5.42. The maximum Gasteiger partial charge on any atom is 0.238 e. The molecule has 1 aromatic carbocycles. The van der Waals surface area contributed by atoms with E-state index in [1.807, 2.05) is 0 Å². The molecule has 20 heavy (non-hydrogen) atoms. The highest BCUT2D eigenvalue weighted by atomic mass is 32.2. The van der Waals surface area contributed by atoms with E-state index in [1.54, 1.807) is 0 Å². The average molecular weight is 320 g/mol. The minimum atomic E-state index is -3.86. The van der Waals surface area contributed by atoms with Gasteiger partial charge in [-0.2, -0.15) is 0 Å². The number of primary sulfonamides is 1. The van der Waals surface area contributed by atoms with Crippen LogP contribution in [0, 0.1) is 0 Å². The van der Waals surface area contributed by atoms with E-state index in [-0.39, 0.29) is 10.6 Å². The van der Waals surface area contributed by atoms with Crippen LogP contribution in [0.5, 0.6) is 0 Å². The predicted octanol–water partition coefficient (Wildman–Crippen LogP) is 0.255. The maximum absolute atomic E-state index is 12.2. The molecule has 1 aromatic rings. The molecule has 0 aromatic heterocycles. The van der Waals surface area contributed by atoms with Crippen molar-refractivity contribution in [3.8, 4) is 0 Å². The number of nitrogens with one attached hydrogen (secondary N) is 1. The number of ether oxygens (including phenoxy) is 1. The monoisotopic (exact) mass is 320 g/mol. The molecule has 0 radical (unpaired) electrons. The van der Waals surface area contributed by atoms with Crippen molar-refractivity contribution in [2.45, 2.75) is 23.0 Å². The molecule has 0 unspecified atom stereocenters. The van der Waals surface area contributed by atoms with Gasteiger partial charge in [-0.05, 0) is 31.0 Å². The Balaban J connectivity index is 2.21. The summed E-state index contributed by atoms with van der Waals surface area (Å²) >= 11 is 0. The van der Waals surface area contributed by atoms with Gasteiger partial charge in [-0.1, -0.05) is 6.07 Å². The van der Waals surface area contributed by atoms with Crippen LogP contribution in [0.4, 0.5) is 5.69 Å². The summed E-state index contributed by atoms with van der Waals surface area (Å²) in [6.07, 6.45) is 0.842. The quantitative estimate of drug-likeness (QED) is 0.825. The molecule has 1 heterocycles. The van der Waals surface area contributed by atoms with Gasteiger partial charge in [0.25, 0.3) is 0 Å². The first-order valence-electron chi connectivity index (χ1n) is 6.01. The Morgan fingerprint density at radius 1 is 1.15 bits per heavy atom. The number of hydrogen-bond donors (Lipinski definition) is 2. The van der Waals surface area contributed by atoms with Gasteiger partial charge in [0.15, 0.2) is 0 Å². The van der Waals surface area contributed by atoms with Crippen molar-refractivity contribution in [1.82, 2.24) is 0 Å². The zero-order valence-corrected chi connectivity index (χ0v) is 12.3. The van der Waals surface area contributed by atoms with Crippen LogP contribution in [0.1, 0.15) is 12.8 Å². The summed E-state index contributed by atoms with van der Waals surface area (Å²) in [6.45, 7) is 0.811. The van der Waals surface area contributed by atoms with Crippen molar-refractivity contribution in [3.63, 3.8) is 0 Å². The number of benzene rings is 1. The summed E-state index contributed by atoms with van der Waals surface area (Å²) < 4.78 is 54.3. The molecule has 1 aliphatic rings. The van der Waals surface area contributed by atoms with Crippen molar-refractivity contribution in [3.05, 3.63) is 24.3 Å². The molecule has 0 aliphatic carbocycles. The largest absolute Gasteiger partial charge is 0.381 e. The molecule has 3 N–H and O–H groups in total. The normalized spacial score (nSPS) is 17.9. The SMILES string of the molecule is NS(=O)(=O)c1cccc(NS(=O)(=O)C2CCOCC2)c1. The zero-order chi connectivity index (χ0) is 14.8. The Kier molecular flexibility index (Phi) is 4.33. The third-order valence-electron chi connectivity index (χ3n) is 3.03. The first kappa shape index (κ1) is 15.2. The predicted molar refractivity (Wildman–Crippen MR) is 74.2 cm³/mol. The lowest BCUT2D eigenvalue weighted by atomic mass is 10.2. The third kappa shape index (κ3) is 3.69. The van der Waals surface area contributed by atoms with Gasteiger partial charge in [0.05, 0.1) is 10.1 Å². The topological polar surface area (TPSA) is 116 Å². The fourth-order valence-corrected chi connectivity index (χ4v) is 3.97. The van der Waals surface area contributed by atoms with Crippen molar-refractivity contribution >= 4 is 25.7 Å². The fourth-order valence-electron chi connectivity index (χ4n) is 1.97. The van der Waals surface area contributed by atoms with E-state index in [0.29, 0.717) is 26.1 Å². The Hall–Kier alpha value is -1.16. The van der Waals surface area contributed by atoms with E-state index < -0.39 is 25.3 Å². The number of hydrogen-bond acceptors (Lipinski definition) is 5. The number of rotatable bonds is 4. The molecular formula is C11H16N2O5S2. The Labute approximate surface area is 118 Å². The molecule has 112 valence electrons. The molecule has 1 saturated heterocycles. The van der Waals surface area contributed by atoms with Gasteiger partial charge in [-0.15, -0.1) is 0 Å². The van der Waals surface area contributed by atoms with Crippen LogP contribution in [0.2, 0.25) is 0 Å². The van der Waals surface area contributed by atoms with E-state index >= 15 is 0 Å². The molecule has 0 bridgehead atoms. The highest BCUT2D eigenvalue weighted by Crippen LogP contribution is 2.21. The maximum atomic E-state index is 12.2. The molecule has 1 fully saturated rings. The molecular weight excluding hydrogens is 304 g/mol. The minimum Gasteiger partial charge on any atom is -0.381 e.